The van der Waals surface area contributed by atoms with Gasteiger partial charge in [0.2, 0.25) is 11.8 Å². The molecule has 0 aliphatic carbocycles. The van der Waals surface area contributed by atoms with Crippen LogP contribution < -0.4 is 14.5 Å². The fourth-order valence-corrected chi connectivity index (χ4v) is 4.61. The van der Waals surface area contributed by atoms with E-state index < -0.39 is 6.61 Å². The lowest BCUT2D eigenvalue weighted by Gasteiger charge is -2.18. The fraction of sp³-hybridized carbons (Fsp3) is 0.143. The third-order valence-electron chi connectivity index (χ3n) is 5.67. The fourth-order valence-electron chi connectivity index (χ4n) is 3.76. The Bertz CT molecular complexity index is 1500. The minimum Gasteiger partial charge on any atom is -0.435 e. The van der Waals surface area contributed by atoms with Crippen LogP contribution in [0.1, 0.15) is 11.5 Å². The summed E-state index contributed by atoms with van der Waals surface area (Å²) in [5, 5.41) is 8.61. The molecule has 198 valence electrons. The Balaban J connectivity index is 1.41. The van der Waals surface area contributed by atoms with Gasteiger partial charge < -0.3 is 14.1 Å². The van der Waals surface area contributed by atoms with Crippen LogP contribution in [0.25, 0.3) is 17.5 Å². The topological polar surface area (TPSA) is 84.1 Å². The number of amides is 1. The van der Waals surface area contributed by atoms with Crippen LogP contribution in [0, 0.1) is 0 Å². The van der Waals surface area contributed by atoms with Crippen molar-refractivity contribution in [3.8, 4) is 17.2 Å². The van der Waals surface area contributed by atoms with E-state index in [0.29, 0.717) is 22.6 Å². The van der Waals surface area contributed by atoms with Crippen molar-refractivity contribution in [1.82, 2.24) is 10.2 Å². The van der Waals surface area contributed by atoms with E-state index in [1.54, 1.807) is 6.08 Å². The van der Waals surface area contributed by atoms with Gasteiger partial charge in [0.1, 0.15) is 11.4 Å². The van der Waals surface area contributed by atoms with Crippen LogP contribution in [0.4, 0.5) is 20.2 Å². The third-order valence-corrected chi connectivity index (χ3v) is 6.60. The van der Waals surface area contributed by atoms with Gasteiger partial charge >= 0.3 is 6.61 Å². The number of nitrogens with zero attached hydrogens (tertiary/aromatic N) is 5. The number of carbonyl (C=O) groups is 1. The maximum absolute atomic E-state index is 13.5. The number of alkyl halides is 2. The lowest BCUT2D eigenvalue weighted by Crippen LogP contribution is -2.30. The zero-order valence-electron chi connectivity index (χ0n) is 21.0. The normalized spacial score (nSPS) is 14.3. The van der Waals surface area contributed by atoms with Gasteiger partial charge in [0, 0.05) is 25.3 Å². The highest BCUT2D eigenvalue weighted by Gasteiger charge is 2.32. The molecule has 3 aromatic carbocycles. The van der Waals surface area contributed by atoms with Crippen molar-refractivity contribution in [2.24, 2.45) is 4.99 Å². The number of hydrogen-bond acceptors (Lipinski definition) is 8. The van der Waals surface area contributed by atoms with Gasteiger partial charge in [0.15, 0.2) is 5.17 Å². The van der Waals surface area contributed by atoms with E-state index in [0.717, 1.165) is 16.8 Å². The van der Waals surface area contributed by atoms with Gasteiger partial charge in [0.05, 0.1) is 11.4 Å². The summed E-state index contributed by atoms with van der Waals surface area (Å²) < 4.78 is 35.4. The van der Waals surface area contributed by atoms with Crippen molar-refractivity contribution in [2.75, 3.05) is 23.9 Å². The highest BCUT2D eigenvalue weighted by molar-refractivity contribution is 8.13. The summed E-state index contributed by atoms with van der Waals surface area (Å²) in [6.45, 7) is -2.94. The van der Waals surface area contributed by atoms with E-state index in [4.69, 9.17) is 4.42 Å². The van der Waals surface area contributed by atoms with Crippen molar-refractivity contribution in [3.05, 3.63) is 96.0 Å². The number of hydrogen-bond donors (Lipinski definition) is 0. The van der Waals surface area contributed by atoms with E-state index in [2.05, 4.69) is 19.9 Å². The molecule has 0 fully saturated rings. The third kappa shape index (κ3) is 6.15. The van der Waals surface area contributed by atoms with Crippen LogP contribution in [-0.2, 0) is 10.5 Å². The van der Waals surface area contributed by atoms with Crippen molar-refractivity contribution >= 4 is 40.3 Å². The molecule has 0 atom stereocenters. The maximum atomic E-state index is 13.5. The van der Waals surface area contributed by atoms with Gasteiger partial charge in [-0.05, 0) is 60.2 Å². The highest BCUT2D eigenvalue weighted by Crippen LogP contribution is 2.32. The Labute approximate surface area is 227 Å². The first kappa shape index (κ1) is 26.1. The molecule has 11 heteroatoms. The summed E-state index contributed by atoms with van der Waals surface area (Å²) in [7, 11) is 3.90. The first-order valence-electron chi connectivity index (χ1n) is 11.8. The first-order chi connectivity index (χ1) is 18.9. The summed E-state index contributed by atoms with van der Waals surface area (Å²) in [4.78, 5) is 21.5. The molecule has 1 aliphatic heterocycles. The SMILES string of the molecule is CN(C)c1ccc(/C=C2\N=C(SCc3nnc(-c4ccccc4)o3)N(c3ccc(OC(F)F)cc3)C2=O)cc1. The largest absolute Gasteiger partial charge is 0.435 e. The van der Waals surface area contributed by atoms with Crippen LogP contribution in [-0.4, -0.2) is 42.0 Å². The minimum absolute atomic E-state index is 0.0115. The van der Waals surface area contributed by atoms with E-state index in [-0.39, 0.29) is 23.1 Å². The van der Waals surface area contributed by atoms with Crippen molar-refractivity contribution in [3.63, 3.8) is 0 Å². The molecule has 4 aromatic rings. The summed E-state index contributed by atoms with van der Waals surface area (Å²) >= 11 is 1.25. The Morgan fingerprint density at radius 3 is 2.38 bits per heavy atom. The van der Waals surface area contributed by atoms with E-state index in [1.165, 1.54) is 40.9 Å². The van der Waals surface area contributed by atoms with Crippen LogP contribution >= 0.6 is 11.8 Å². The highest BCUT2D eigenvalue weighted by atomic mass is 32.2. The number of ether oxygens (including phenoxy) is 1. The Morgan fingerprint density at radius 1 is 1.00 bits per heavy atom. The second-order valence-corrected chi connectivity index (χ2v) is 9.52. The lowest BCUT2D eigenvalue weighted by atomic mass is 10.1. The molecule has 0 spiro atoms. The average Bonchev–Trinajstić information content (AvgIpc) is 3.53. The van der Waals surface area contributed by atoms with Gasteiger partial charge in [0.25, 0.3) is 5.91 Å². The number of rotatable bonds is 8. The number of thioether (sulfide) groups is 1. The molecule has 0 saturated carbocycles. The standard InChI is InChI=1S/C28H23F2N5O3S/c1-34(2)20-10-8-18(9-11-20)16-23-26(36)35(21-12-14-22(15-13-21)37-27(29)30)28(31-23)39-17-24-32-33-25(38-24)19-6-4-3-5-7-19/h3-16,27H,17H2,1-2H3/b23-16-. The number of halogens is 2. The summed E-state index contributed by atoms with van der Waals surface area (Å²) in [6, 6.07) is 22.9. The number of benzene rings is 3. The van der Waals surface area contributed by atoms with E-state index in [9.17, 15) is 13.6 Å². The maximum Gasteiger partial charge on any atom is 0.387 e. The van der Waals surface area contributed by atoms with E-state index >= 15 is 0 Å². The predicted molar refractivity (Wildman–Crippen MR) is 148 cm³/mol. The lowest BCUT2D eigenvalue weighted by molar-refractivity contribution is -0.113. The van der Waals surface area contributed by atoms with Crippen LogP contribution in [0.3, 0.4) is 0 Å². The van der Waals surface area contributed by atoms with Crippen LogP contribution in [0.15, 0.2) is 94.0 Å². The van der Waals surface area contributed by atoms with Crippen LogP contribution in [0.5, 0.6) is 5.75 Å². The molecule has 0 unspecified atom stereocenters. The van der Waals surface area contributed by atoms with Gasteiger partial charge in [-0.25, -0.2) is 4.99 Å². The van der Waals surface area contributed by atoms with Crippen molar-refractivity contribution in [2.45, 2.75) is 12.4 Å². The Hall–Kier alpha value is -4.51. The molecule has 2 heterocycles. The molecule has 5 rings (SSSR count). The number of amidine groups is 1. The summed E-state index contributed by atoms with van der Waals surface area (Å²) in [6.07, 6.45) is 1.71. The molecule has 1 aliphatic rings. The van der Waals surface area contributed by atoms with E-state index in [1.807, 2.05) is 73.6 Å². The molecular formula is C28H23F2N5O3S. The van der Waals surface area contributed by atoms with Crippen molar-refractivity contribution in [1.29, 1.82) is 0 Å². The molecule has 0 radical (unpaired) electrons. The monoisotopic (exact) mass is 547 g/mol. The zero-order chi connectivity index (χ0) is 27.4. The minimum atomic E-state index is -2.94. The molecule has 0 bridgehead atoms. The van der Waals surface area contributed by atoms with Gasteiger partial charge in [-0.3, -0.25) is 9.69 Å². The molecule has 1 aromatic heterocycles. The number of aliphatic imine (C=N–C) groups is 1. The van der Waals surface area contributed by atoms with Gasteiger partial charge in [-0.15, -0.1) is 10.2 Å². The van der Waals surface area contributed by atoms with Gasteiger partial charge in [-0.2, -0.15) is 8.78 Å². The quantitative estimate of drug-likeness (QED) is 0.247. The molecule has 8 nitrogen and oxygen atoms in total. The second kappa shape index (κ2) is 11.5. The van der Waals surface area contributed by atoms with Crippen LogP contribution in [0.2, 0.25) is 0 Å². The number of carbonyl (C=O) groups excluding carboxylic acids is 1. The molecule has 0 N–H and O–H groups in total. The molecule has 1 amide bonds. The first-order valence-corrected chi connectivity index (χ1v) is 12.8. The molecule has 39 heavy (non-hydrogen) atoms. The molecule has 0 saturated heterocycles. The summed E-state index contributed by atoms with van der Waals surface area (Å²) in [5.74, 6) is 0.657. The number of aromatic nitrogens is 2. The van der Waals surface area contributed by atoms with Gasteiger partial charge in [-0.1, -0.05) is 42.1 Å². The smallest absolute Gasteiger partial charge is 0.387 e. The Kier molecular flexibility index (Phi) is 7.69. The predicted octanol–water partition coefficient (Wildman–Crippen LogP) is 6.08. The summed E-state index contributed by atoms with van der Waals surface area (Å²) in [5.41, 5.74) is 3.32. The Morgan fingerprint density at radius 2 is 1.72 bits per heavy atom. The second-order valence-electron chi connectivity index (χ2n) is 8.58. The number of anilines is 2. The average molecular weight is 548 g/mol. The zero-order valence-corrected chi connectivity index (χ0v) is 21.8. The molecular weight excluding hydrogens is 524 g/mol. The van der Waals surface area contributed by atoms with Crippen molar-refractivity contribution < 1.29 is 22.7 Å².